The maximum Gasteiger partial charge on any atom is 0.214 e. The van der Waals surface area contributed by atoms with Crippen molar-refractivity contribution in [3.8, 4) is 0 Å². The van der Waals surface area contributed by atoms with Crippen molar-refractivity contribution in [3.05, 3.63) is 30.3 Å². The van der Waals surface area contributed by atoms with E-state index < -0.39 is 10.9 Å². The van der Waals surface area contributed by atoms with Crippen LogP contribution < -0.4 is 9.97 Å². The highest BCUT2D eigenvalue weighted by atomic mass is 35.5. The quantitative estimate of drug-likeness (QED) is 0.358. The minimum atomic E-state index is -2.58. The number of hydrogen-bond acceptors (Lipinski definition) is 3. The normalized spacial score (nSPS) is 8.83. The molecule has 0 amide bonds. The highest BCUT2D eigenvalue weighted by Crippen LogP contribution is 1.95. The lowest BCUT2D eigenvalue weighted by Crippen LogP contribution is -1.89. The van der Waals surface area contributed by atoms with E-state index in [1.807, 2.05) is 30.3 Å². The molecule has 4 nitrogen and oxygen atoms in total. The van der Waals surface area contributed by atoms with Gasteiger partial charge >= 0.3 is 0 Å². The van der Waals surface area contributed by atoms with E-state index in [0.29, 0.717) is 0 Å². The van der Waals surface area contributed by atoms with Gasteiger partial charge in [0, 0.05) is 5.69 Å². The van der Waals surface area contributed by atoms with Gasteiger partial charge in [-0.15, -0.1) is 4.24 Å². The van der Waals surface area contributed by atoms with Crippen LogP contribution in [0.3, 0.4) is 0 Å². The van der Waals surface area contributed by atoms with Crippen molar-refractivity contribution in [1.29, 1.82) is 0 Å². The fourth-order valence-corrected chi connectivity index (χ4v) is 0.453. The molecule has 0 unspecified atom stereocenters. The van der Waals surface area contributed by atoms with Gasteiger partial charge in [0.05, 0.1) is 0 Å². The smallest absolute Gasteiger partial charge is 0.214 e. The summed E-state index contributed by atoms with van der Waals surface area (Å²) in [5, 5.41) is 0. The SMILES string of the molecule is Nc1ccccc1.O=[SH](=O)NCl. The molecule has 1 aromatic rings. The fourth-order valence-electron chi connectivity index (χ4n) is 0.453. The topological polar surface area (TPSA) is 72.2 Å². The predicted molar refractivity (Wildman–Crippen MR) is 50.2 cm³/mol. The van der Waals surface area contributed by atoms with Crippen molar-refractivity contribution in [2.75, 3.05) is 5.73 Å². The van der Waals surface area contributed by atoms with Gasteiger partial charge < -0.3 is 5.73 Å². The van der Waals surface area contributed by atoms with Gasteiger partial charge in [0.2, 0.25) is 10.9 Å². The van der Waals surface area contributed by atoms with Gasteiger partial charge in [-0.2, -0.15) is 0 Å². The number of nitrogens with one attached hydrogen (secondary N) is 1. The van der Waals surface area contributed by atoms with E-state index >= 15 is 0 Å². The molecule has 0 saturated carbocycles. The summed E-state index contributed by atoms with van der Waals surface area (Å²) in [6, 6.07) is 9.49. The number of hydrogen-bond donors (Lipinski definition) is 3. The molecule has 6 heteroatoms. The third-order valence-electron chi connectivity index (χ3n) is 0.869. The van der Waals surface area contributed by atoms with Crippen LogP contribution in [0.4, 0.5) is 5.69 Å². The molecule has 3 N–H and O–H groups in total. The summed E-state index contributed by atoms with van der Waals surface area (Å²) >= 11 is 4.49. The van der Waals surface area contributed by atoms with E-state index in [1.54, 1.807) is 0 Å². The maximum absolute atomic E-state index is 9.16. The predicted octanol–water partition coefficient (Wildman–Crippen LogP) is 0.525. The van der Waals surface area contributed by atoms with Gasteiger partial charge in [0.25, 0.3) is 0 Å². The largest absolute Gasteiger partial charge is 0.399 e. The Bertz CT molecular complexity index is 268. The first kappa shape index (κ1) is 11.2. The first-order valence-electron chi connectivity index (χ1n) is 2.98. The zero-order valence-electron chi connectivity index (χ0n) is 6.11. The first-order chi connectivity index (χ1) is 5.66. The van der Waals surface area contributed by atoms with Gasteiger partial charge in [-0.05, 0) is 23.9 Å². The van der Waals surface area contributed by atoms with Crippen LogP contribution in [-0.4, -0.2) is 8.42 Å². The summed E-state index contributed by atoms with van der Waals surface area (Å²) in [5.74, 6) is 0. The van der Waals surface area contributed by atoms with Gasteiger partial charge in [0.15, 0.2) is 0 Å². The summed E-state index contributed by atoms with van der Waals surface area (Å²) in [6.07, 6.45) is 0. The van der Waals surface area contributed by atoms with E-state index in [1.165, 1.54) is 4.24 Å². The number of thiol groups is 1. The lowest BCUT2D eigenvalue weighted by Gasteiger charge is -1.83. The second-order valence-corrected chi connectivity index (χ2v) is 2.94. The van der Waals surface area contributed by atoms with Crippen molar-refractivity contribution < 1.29 is 8.42 Å². The molecular formula is C6H9ClN2O2S. The van der Waals surface area contributed by atoms with Crippen LogP contribution in [0.2, 0.25) is 0 Å². The highest BCUT2D eigenvalue weighted by molar-refractivity contribution is 7.71. The van der Waals surface area contributed by atoms with Crippen molar-refractivity contribution in [2.24, 2.45) is 0 Å². The van der Waals surface area contributed by atoms with Crippen LogP contribution in [0.25, 0.3) is 0 Å². The van der Waals surface area contributed by atoms with Gasteiger partial charge in [0.1, 0.15) is 0 Å². The number of anilines is 1. The number of benzene rings is 1. The second kappa shape index (κ2) is 6.90. The first-order valence-corrected chi connectivity index (χ1v) is 4.53. The molecule has 0 radical (unpaired) electrons. The molecule has 0 heterocycles. The van der Waals surface area contributed by atoms with Gasteiger partial charge in [-0.25, -0.2) is 8.42 Å². The third kappa shape index (κ3) is 7.33. The molecule has 0 aliphatic heterocycles. The van der Waals surface area contributed by atoms with E-state index in [2.05, 4.69) is 11.8 Å². The van der Waals surface area contributed by atoms with Crippen LogP contribution in [-0.2, 0) is 10.9 Å². The molecule has 0 bridgehead atoms. The van der Waals surface area contributed by atoms with Crippen LogP contribution in [0, 0.1) is 0 Å². The lowest BCUT2D eigenvalue weighted by atomic mass is 10.3. The second-order valence-electron chi connectivity index (χ2n) is 1.75. The molecule has 0 fully saturated rings. The van der Waals surface area contributed by atoms with Crippen LogP contribution in [0.15, 0.2) is 30.3 Å². The van der Waals surface area contributed by atoms with Crippen molar-refractivity contribution >= 4 is 28.4 Å². The standard InChI is InChI=1S/C6H7N.ClH2NO2S/c7-6-4-2-1-3-5-6;1-2-5(3)4/h1-5H,7H2;5H,(H,2,3,4). The molecule has 0 aromatic heterocycles. The lowest BCUT2D eigenvalue weighted by molar-refractivity contribution is 0.613. The molecule has 0 saturated heterocycles. The Labute approximate surface area is 77.5 Å². The van der Waals surface area contributed by atoms with Gasteiger partial charge in [-0.3, -0.25) is 0 Å². The minimum Gasteiger partial charge on any atom is -0.399 e. The Balaban J connectivity index is 0.000000217. The van der Waals surface area contributed by atoms with E-state index in [0.717, 1.165) is 5.69 Å². The Kier molecular flexibility index (Phi) is 6.45. The third-order valence-corrected chi connectivity index (χ3v) is 1.42. The molecule has 12 heavy (non-hydrogen) atoms. The maximum atomic E-state index is 9.16. The van der Waals surface area contributed by atoms with E-state index in [9.17, 15) is 0 Å². The summed E-state index contributed by atoms with van der Waals surface area (Å²) < 4.78 is 19.8. The molecule has 68 valence electrons. The van der Waals surface area contributed by atoms with Crippen LogP contribution in [0.1, 0.15) is 0 Å². The average Bonchev–Trinajstić information content (AvgIpc) is 2.07. The van der Waals surface area contributed by atoms with Crippen LogP contribution in [0.5, 0.6) is 0 Å². The van der Waals surface area contributed by atoms with E-state index in [4.69, 9.17) is 14.2 Å². The molecule has 0 spiro atoms. The number of para-hydroxylation sites is 1. The molecule has 1 rings (SSSR count). The molecular weight excluding hydrogens is 200 g/mol. The zero-order valence-corrected chi connectivity index (χ0v) is 7.76. The molecule has 1 aromatic carbocycles. The summed E-state index contributed by atoms with van der Waals surface area (Å²) in [6.45, 7) is 0. The van der Waals surface area contributed by atoms with Crippen molar-refractivity contribution in [1.82, 2.24) is 4.24 Å². The zero-order chi connectivity index (χ0) is 9.40. The monoisotopic (exact) mass is 208 g/mol. The number of rotatable bonds is 1. The number of halogens is 1. The Hall–Kier alpha value is -0.780. The Morgan fingerprint density at radius 3 is 1.83 bits per heavy atom. The Morgan fingerprint density at radius 1 is 1.25 bits per heavy atom. The number of nitrogen functional groups attached to an aromatic ring is 1. The Morgan fingerprint density at radius 2 is 1.67 bits per heavy atom. The van der Waals surface area contributed by atoms with Crippen molar-refractivity contribution in [3.63, 3.8) is 0 Å². The summed E-state index contributed by atoms with van der Waals surface area (Å²) in [7, 11) is -2.58. The molecule has 0 aliphatic carbocycles. The highest BCUT2D eigenvalue weighted by Gasteiger charge is 1.72. The fraction of sp³-hybridized carbons (Fsp3) is 0. The molecule has 0 atom stereocenters. The summed E-state index contributed by atoms with van der Waals surface area (Å²) in [5.41, 5.74) is 6.18. The minimum absolute atomic E-state index is 0.822. The molecule has 0 aliphatic rings. The number of nitrogens with two attached hydrogens (primary N) is 1. The average molecular weight is 209 g/mol. The van der Waals surface area contributed by atoms with Gasteiger partial charge in [-0.1, -0.05) is 18.2 Å². The summed E-state index contributed by atoms with van der Waals surface area (Å²) in [4.78, 5) is 0. The van der Waals surface area contributed by atoms with Crippen LogP contribution >= 0.6 is 11.8 Å². The van der Waals surface area contributed by atoms with E-state index in [-0.39, 0.29) is 0 Å². The van der Waals surface area contributed by atoms with Crippen molar-refractivity contribution in [2.45, 2.75) is 0 Å².